The van der Waals surface area contributed by atoms with Gasteiger partial charge in [0.15, 0.2) is 0 Å². The van der Waals surface area contributed by atoms with Gasteiger partial charge in [-0.05, 0) is 17.7 Å². The van der Waals surface area contributed by atoms with Crippen molar-refractivity contribution >= 4 is 40.7 Å². The van der Waals surface area contributed by atoms with Crippen LogP contribution in [0.4, 0.5) is 11.6 Å². The van der Waals surface area contributed by atoms with E-state index in [1.54, 1.807) is 18.2 Å². The molecule has 0 unspecified atom stereocenters. The molecule has 12 heteroatoms. The lowest BCUT2D eigenvalue weighted by Gasteiger charge is -2.04. The second-order valence-corrected chi connectivity index (χ2v) is 6.36. The number of aromatic nitrogens is 5. The van der Waals surface area contributed by atoms with Crippen LogP contribution in [0.5, 0.6) is 0 Å². The SMILES string of the molecule is O=C(CCn1cc([N+](=O)[O-])cn1)Nc1ncn(Cc2ccc(Cl)cc2Cl)n1. The highest BCUT2D eigenvalue weighted by Crippen LogP contribution is 2.21. The summed E-state index contributed by atoms with van der Waals surface area (Å²) in [5.74, 6) is -0.188. The van der Waals surface area contributed by atoms with Crippen molar-refractivity contribution in [3.05, 3.63) is 62.6 Å². The Morgan fingerprint density at radius 3 is 2.81 bits per heavy atom. The molecule has 140 valence electrons. The molecule has 1 N–H and O–H groups in total. The van der Waals surface area contributed by atoms with Crippen LogP contribution in [0, 0.1) is 10.1 Å². The van der Waals surface area contributed by atoms with Crippen molar-refractivity contribution in [3.63, 3.8) is 0 Å². The molecule has 27 heavy (non-hydrogen) atoms. The highest BCUT2D eigenvalue weighted by molar-refractivity contribution is 6.35. The number of nitrogens with zero attached hydrogens (tertiary/aromatic N) is 6. The molecule has 0 aliphatic heterocycles. The van der Waals surface area contributed by atoms with Crippen molar-refractivity contribution in [1.82, 2.24) is 24.5 Å². The second kappa shape index (κ2) is 8.14. The Hall–Kier alpha value is -2.98. The third kappa shape index (κ3) is 5.02. The van der Waals surface area contributed by atoms with E-state index in [-0.39, 0.29) is 30.5 Å². The molecule has 10 nitrogen and oxygen atoms in total. The fourth-order valence-electron chi connectivity index (χ4n) is 2.23. The van der Waals surface area contributed by atoms with Crippen LogP contribution in [0.15, 0.2) is 36.9 Å². The van der Waals surface area contributed by atoms with E-state index in [2.05, 4.69) is 20.5 Å². The van der Waals surface area contributed by atoms with Crippen LogP contribution < -0.4 is 5.32 Å². The molecule has 0 fully saturated rings. The van der Waals surface area contributed by atoms with Gasteiger partial charge >= 0.3 is 5.69 Å². The zero-order chi connectivity index (χ0) is 19.4. The molecule has 0 aliphatic carbocycles. The second-order valence-electron chi connectivity index (χ2n) is 5.52. The van der Waals surface area contributed by atoms with Crippen molar-refractivity contribution in [2.45, 2.75) is 19.5 Å². The minimum absolute atomic E-state index is 0.0659. The van der Waals surface area contributed by atoms with Gasteiger partial charge in [0, 0.05) is 23.0 Å². The molecule has 0 atom stereocenters. The molecule has 0 radical (unpaired) electrons. The predicted octanol–water partition coefficient (Wildman–Crippen LogP) is 2.77. The largest absolute Gasteiger partial charge is 0.306 e. The number of benzene rings is 1. The number of nitro groups is 1. The van der Waals surface area contributed by atoms with Crippen LogP contribution in [0.3, 0.4) is 0 Å². The van der Waals surface area contributed by atoms with E-state index in [1.807, 2.05) is 0 Å². The Morgan fingerprint density at radius 2 is 2.11 bits per heavy atom. The molecule has 0 saturated carbocycles. The lowest BCUT2D eigenvalue weighted by molar-refractivity contribution is -0.385. The van der Waals surface area contributed by atoms with Gasteiger partial charge in [0.1, 0.15) is 18.7 Å². The van der Waals surface area contributed by atoms with E-state index >= 15 is 0 Å². The molecule has 3 aromatic rings. The first kappa shape index (κ1) is 18.8. The number of hydrogen-bond donors (Lipinski definition) is 1. The Morgan fingerprint density at radius 1 is 1.30 bits per heavy atom. The van der Waals surface area contributed by atoms with Crippen LogP contribution in [0.2, 0.25) is 10.0 Å². The van der Waals surface area contributed by atoms with Gasteiger partial charge in [0.05, 0.1) is 11.5 Å². The maximum Gasteiger partial charge on any atom is 0.306 e. The number of anilines is 1. The lowest BCUT2D eigenvalue weighted by atomic mass is 10.2. The Bertz CT molecular complexity index is 985. The van der Waals surface area contributed by atoms with Crippen LogP contribution in [0.1, 0.15) is 12.0 Å². The molecule has 1 aromatic carbocycles. The number of carbonyl (C=O) groups is 1. The number of aryl methyl sites for hydroxylation is 1. The minimum Gasteiger partial charge on any atom is -0.293 e. The Labute approximate surface area is 162 Å². The van der Waals surface area contributed by atoms with Crippen molar-refractivity contribution in [2.24, 2.45) is 0 Å². The summed E-state index contributed by atoms with van der Waals surface area (Å²) in [5, 5.41) is 22.2. The van der Waals surface area contributed by atoms with Crippen LogP contribution in [0.25, 0.3) is 0 Å². The summed E-state index contributed by atoms with van der Waals surface area (Å²) in [5.41, 5.74) is 0.681. The molecule has 1 amide bonds. The van der Waals surface area contributed by atoms with Gasteiger partial charge in [-0.15, -0.1) is 5.10 Å². The lowest BCUT2D eigenvalue weighted by Crippen LogP contribution is -2.16. The summed E-state index contributed by atoms with van der Waals surface area (Å²) in [6.45, 7) is 0.566. The van der Waals surface area contributed by atoms with Crippen LogP contribution >= 0.6 is 23.2 Å². The molecular formula is C15H13Cl2N7O3. The first-order chi connectivity index (χ1) is 12.9. The summed E-state index contributed by atoms with van der Waals surface area (Å²) in [6, 6.07) is 5.15. The van der Waals surface area contributed by atoms with Gasteiger partial charge in [-0.3, -0.25) is 24.9 Å². The third-order valence-electron chi connectivity index (χ3n) is 3.53. The smallest absolute Gasteiger partial charge is 0.293 e. The van der Waals surface area contributed by atoms with E-state index in [1.165, 1.54) is 21.9 Å². The Kier molecular flexibility index (Phi) is 5.67. The fourth-order valence-corrected chi connectivity index (χ4v) is 2.69. The zero-order valence-corrected chi connectivity index (χ0v) is 15.3. The summed E-state index contributed by atoms with van der Waals surface area (Å²) in [6.07, 6.45) is 3.92. The number of halogens is 2. The number of amides is 1. The summed E-state index contributed by atoms with van der Waals surface area (Å²) in [4.78, 5) is 26.1. The van der Waals surface area contributed by atoms with E-state index in [4.69, 9.17) is 23.2 Å². The highest BCUT2D eigenvalue weighted by atomic mass is 35.5. The minimum atomic E-state index is -0.549. The fraction of sp³-hybridized carbons (Fsp3) is 0.200. The highest BCUT2D eigenvalue weighted by Gasteiger charge is 2.11. The third-order valence-corrected chi connectivity index (χ3v) is 4.12. The quantitative estimate of drug-likeness (QED) is 0.472. The summed E-state index contributed by atoms with van der Waals surface area (Å²) in [7, 11) is 0. The maximum absolute atomic E-state index is 12.0. The first-order valence-corrected chi connectivity index (χ1v) is 8.46. The van der Waals surface area contributed by atoms with E-state index < -0.39 is 4.92 Å². The van der Waals surface area contributed by atoms with Gasteiger partial charge in [0.25, 0.3) is 0 Å². The maximum atomic E-state index is 12.0. The zero-order valence-electron chi connectivity index (χ0n) is 13.7. The molecule has 3 rings (SSSR count). The monoisotopic (exact) mass is 409 g/mol. The first-order valence-electron chi connectivity index (χ1n) is 7.71. The van der Waals surface area contributed by atoms with Crippen molar-refractivity contribution in [1.29, 1.82) is 0 Å². The molecule has 0 aliphatic rings. The molecule has 2 aromatic heterocycles. The standard InChI is InChI=1S/C15H13Cl2N7O3/c16-11-2-1-10(13(17)5-11)7-23-9-18-15(21-23)20-14(25)3-4-22-8-12(6-19-22)24(26)27/h1-2,5-6,8-9H,3-4,7H2,(H,20,21,25). The van der Waals surface area contributed by atoms with Gasteiger partial charge in [-0.25, -0.2) is 9.67 Å². The van der Waals surface area contributed by atoms with Gasteiger partial charge in [-0.2, -0.15) is 5.10 Å². The number of carbonyl (C=O) groups excluding carboxylic acids is 1. The predicted molar refractivity (Wildman–Crippen MR) is 97.7 cm³/mol. The normalized spacial score (nSPS) is 10.7. The topological polar surface area (TPSA) is 121 Å². The number of hydrogen-bond acceptors (Lipinski definition) is 6. The van der Waals surface area contributed by atoms with E-state index in [9.17, 15) is 14.9 Å². The average molecular weight is 410 g/mol. The summed E-state index contributed by atoms with van der Waals surface area (Å²) >= 11 is 12.0. The van der Waals surface area contributed by atoms with Crippen LogP contribution in [-0.4, -0.2) is 35.4 Å². The molecular weight excluding hydrogens is 397 g/mol. The summed E-state index contributed by atoms with van der Waals surface area (Å²) < 4.78 is 2.86. The molecule has 0 bridgehead atoms. The van der Waals surface area contributed by atoms with Crippen molar-refractivity contribution in [3.8, 4) is 0 Å². The van der Waals surface area contributed by atoms with Crippen LogP contribution in [-0.2, 0) is 17.9 Å². The number of rotatable bonds is 7. The molecule has 0 saturated heterocycles. The molecule has 2 heterocycles. The van der Waals surface area contributed by atoms with Crippen molar-refractivity contribution in [2.75, 3.05) is 5.32 Å². The molecule has 0 spiro atoms. The van der Waals surface area contributed by atoms with Crippen molar-refractivity contribution < 1.29 is 9.72 Å². The van der Waals surface area contributed by atoms with Gasteiger partial charge < -0.3 is 0 Å². The van der Waals surface area contributed by atoms with E-state index in [0.29, 0.717) is 16.6 Å². The van der Waals surface area contributed by atoms with Gasteiger partial charge in [-0.1, -0.05) is 29.3 Å². The number of nitrogens with one attached hydrogen (secondary N) is 1. The van der Waals surface area contributed by atoms with E-state index in [0.717, 1.165) is 11.8 Å². The van der Waals surface area contributed by atoms with Gasteiger partial charge in [0.2, 0.25) is 11.9 Å². The average Bonchev–Trinajstić information content (AvgIpc) is 3.25. The Balaban J connectivity index is 1.53.